The lowest BCUT2D eigenvalue weighted by Gasteiger charge is -2.14. The second-order valence-electron chi connectivity index (χ2n) is 4.38. The monoisotopic (exact) mass is 266 g/mol. The Hall–Kier alpha value is -0.780. The fourth-order valence-electron chi connectivity index (χ4n) is 2.14. The molecule has 3 nitrogen and oxygen atoms in total. The molecule has 0 fully saturated rings. The highest BCUT2D eigenvalue weighted by Crippen LogP contribution is 2.33. The SMILES string of the molecule is Cc1csc(Cc2nc3c(s2)CCCC3O)n1. The van der Waals surface area contributed by atoms with Crippen LogP contribution in [0.25, 0.3) is 0 Å². The molecular formula is C12H14N2OS2. The van der Waals surface area contributed by atoms with Crippen molar-refractivity contribution in [1.29, 1.82) is 0 Å². The van der Waals surface area contributed by atoms with E-state index in [0.717, 1.165) is 47.1 Å². The number of hydrogen-bond donors (Lipinski definition) is 1. The smallest absolute Gasteiger partial charge is 0.100 e. The van der Waals surface area contributed by atoms with E-state index in [9.17, 15) is 5.11 Å². The van der Waals surface area contributed by atoms with E-state index in [0.29, 0.717) is 0 Å². The van der Waals surface area contributed by atoms with Crippen LogP contribution in [0.1, 0.15) is 45.2 Å². The summed E-state index contributed by atoms with van der Waals surface area (Å²) in [7, 11) is 0. The molecule has 5 heteroatoms. The first-order chi connectivity index (χ1) is 8.22. The fourth-order valence-corrected chi connectivity index (χ4v) is 4.17. The van der Waals surface area contributed by atoms with Crippen molar-refractivity contribution in [2.45, 2.75) is 38.7 Å². The number of thiazole rings is 2. The summed E-state index contributed by atoms with van der Waals surface area (Å²) in [6, 6.07) is 0. The number of aromatic nitrogens is 2. The van der Waals surface area contributed by atoms with Crippen molar-refractivity contribution in [1.82, 2.24) is 9.97 Å². The molecule has 0 amide bonds. The Bertz CT molecular complexity index is 532. The first kappa shape index (κ1) is 11.3. The van der Waals surface area contributed by atoms with Gasteiger partial charge in [-0.1, -0.05) is 0 Å². The molecule has 2 aromatic rings. The van der Waals surface area contributed by atoms with Gasteiger partial charge in [0.1, 0.15) is 5.01 Å². The van der Waals surface area contributed by atoms with Crippen LogP contribution >= 0.6 is 22.7 Å². The molecule has 1 unspecified atom stereocenters. The lowest BCUT2D eigenvalue weighted by molar-refractivity contribution is 0.153. The molecule has 3 rings (SSSR count). The van der Waals surface area contributed by atoms with E-state index in [2.05, 4.69) is 15.3 Å². The van der Waals surface area contributed by atoms with Gasteiger partial charge < -0.3 is 5.11 Å². The van der Waals surface area contributed by atoms with Gasteiger partial charge in [0.05, 0.1) is 23.2 Å². The molecule has 0 bridgehead atoms. The quantitative estimate of drug-likeness (QED) is 0.909. The molecule has 1 aliphatic carbocycles. The summed E-state index contributed by atoms with van der Waals surface area (Å²) in [5.41, 5.74) is 2.00. The van der Waals surface area contributed by atoms with Crippen molar-refractivity contribution in [3.8, 4) is 0 Å². The first-order valence-electron chi connectivity index (χ1n) is 5.80. The number of aryl methyl sites for hydroxylation is 2. The molecule has 2 heterocycles. The molecule has 0 saturated carbocycles. The largest absolute Gasteiger partial charge is 0.387 e. The molecule has 1 atom stereocenters. The minimum atomic E-state index is -0.346. The lowest BCUT2D eigenvalue weighted by atomic mass is 10.0. The van der Waals surface area contributed by atoms with Crippen LogP contribution in [0.15, 0.2) is 5.38 Å². The van der Waals surface area contributed by atoms with E-state index in [1.165, 1.54) is 4.88 Å². The molecule has 90 valence electrons. The van der Waals surface area contributed by atoms with Gasteiger partial charge in [0.2, 0.25) is 0 Å². The summed E-state index contributed by atoms with van der Waals surface area (Å²) in [6.07, 6.45) is 3.46. The van der Waals surface area contributed by atoms with Gasteiger partial charge in [-0.2, -0.15) is 0 Å². The molecule has 17 heavy (non-hydrogen) atoms. The second-order valence-corrected chi connectivity index (χ2v) is 6.49. The molecule has 0 saturated heterocycles. The number of nitrogens with zero attached hydrogens (tertiary/aromatic N) is 2. The van der Waals surface area contributed by atoms with E-state index >= 15 is 0 Å². The standard InChI is InChI=1S/C12H14N2OS2/c1-7-6-16-10(13-7)5-11-14-12-8(15)3-2-4-9(12)17-11/h6,8,15H,2-5H2,1H3. The minimum Gasteiger partial charge on any atom is -0.387 e. The molecule has 1 N–H and O–H groups in total. The van der Waals surface area contributed by atoms with Crippen LogP contribution in [0, 0.1) is 6.92 Å². The maximum absolute atomic E-state index is 9.88. The van der Waals surface area contributed by atoms with Gasteiger partial charge in [0, 0.05) is 16.0 Å². The van der Waals surface area contributed by atoms with E-state index in [1.54, 1.807) is 22.7 Å². The van der Waals surface area contributed by atoms with Crippen LogP contribution < -0.4 is 0 Å². The molecule has 2 aromatic heterocycles. The van der Waals surface area contributed by atoms with Crippen molar-refractivity contribution in [2.24, 2.45) is 0 Å². The number of hydrogen-bond acceptors (Lipinski definition) is 5. The maximum atomic E-state index is 9.88. The normalized spacial score (nSPS) is 19.3. The molecule has 1 aliphatic rings. The number of aliphatic hydroxyl groups excluding tert-OH is 1. The third-order valence-electron chi connectivity index (χ3n) is 2.94. The maximum Gasteiger partial charge on any atom is 0.100 e. The highest BCUT2D eigenvalue weighted by molar-refractivity contribution is 7.12. The topological polar surface area (TPSA) is 46.0 Å². The second kappa shape index (κ2) is 4.48. The Morgan fingerprint density at radius 2 is 2.29 bits per heavy atom. The highest BCUT2D eigenvalue weighted by Gasteiger charge is 2.22. The third kappa shape index (κ3) is 2.27. The van der Waals surface area contributed by atoms with Gasteiger partial charge in [0.15, 0.2) is 0 Å². The summed E-state index contributed by atoms with van der Waals surface area (Å²) >= 11 is 3.42. The van der Waals surface area contributed by atoms with Gasteiger partial charge in [0.25, 0.3) is 0 Å². The average molecular weight is 266 g/mol. The molecule has 0 spiro atoms. The van der Waals surface area contributed by atoms with E-state index < -0.39 is 0 Å². The molecule has 0 aliphatic heterocycles. The fraction of sp³-hybridized carbons (Fsp3) is 0.500. The molecule has 0 radical (unpaired) electrons. The highest BCUT2D eigenvalue weighted by atomic mass is 32.1. The zero-order valence-corrected chi connectivity index (χ0v) is 11.3. The van der Waals surface area contributed by atoms with Gasteiger partial charge >= 0.3 is 0 Å². The first-order valence-corrected chi connectivity index (χ1v) is 7.49. The van der Waals surface area contributed by atoms with Crippen LogP contribution in [-0.2, 0) is 12.8 Å². The van der Waals surface area contributed by atoms with E-state index in [-0.39, 0.29) is 6.10 Å². The lowest BCUT2D eigenvalue weighted by Crippen LogP contribution is -2.07. The van der Waals surface area contributed by atoms with Crippen LogP contribution in [0.5, 0.6) is 0 Å². The summed E-state index contributed by atoms with van der Waals surface area (Å²) in [6.45, 7) is 2.01. The van der Waals surface area contributed by atoms with Gasteiger partial charge in [-0.15, -0.1) is 22.7 Å². The molecule has 0 aromatic carbocycles. The Labute approximate surface area is 108 Å². The van der Waals surface area contributed by atoms with E-state index in [1.807, 2.05) is 6.92 Å². The summed E-state index contributed by atoms with van der Waals surface area (Å²) in [5.74, 6) is 0. The Morgan fingerprint density at radius 1 is 1.41 bits per heavy atom. The number of aliphatic hydroxyl groups is 1. The van der Waals surface area contributed by atoms with Crippen molar-refractivity contribution in [3.63, 3.8) is 0 Å². The van der Waals surface area contributed by atoms with Crippen LogP contribution in [0.3, 0.4) is 0 Å². The van der Waals surface area contributed by atoms with Crippen LogP contribution in [-0.4, -0.2) is 15.1 Å². The number of fused-ring (bicyclic) bond motifs is 1. The zero-order valence-electron chi connectivity index (χ0n) is 9.64. The van der Waals surface area contributed by atoms with Crippen LogP contribution in [0.2, 0.25) is 0 Å². The van der Waals surface area contributed by atoms with Crippen molar-refractivity contribution < 1.29 is 5.11 Å². The summed E-state index contributed by atoms with van der Waals surface area (Å²) in [4.78, 5) is 10.3. The predicted molar refractivity (Wildman–Crippen MR) is 69.7 cm³/mol. The van der Waals surface area contributed by atoms with Gasteiger partial charge in [-0.25, -0.2) is 9.97 Å². The summed E-state index contributed by atoms with van der Waals surface area (Å²) < 4.78 is 0. The molecular weight excluding hydrogens is 252 g/mol. The Kier molecular flexibility index (Phi) is 2.98. The van der Waals surface area contributed by atoms with Gasteiger partial charge in [-0.05, 0) is 26.2 Å². The zero-order chi connectivity index (χ0) is 11.8. The predicted octanol–water partition coefficient (Wildman–Crippen LogP) is 2.87. The van der Waals surface area contributed by atoms with Crippen molar-refractivity contribution in [2.75, 3.05) is 0 Å². The average Bonchev–Trinajstić information content (AvgIpc) is 2.86. The Morgan fingerprint density at radius 3 is 3.00 bits per heavy atom. The van der Waals surface area contributed by atoms with E-state index in [4.69, 9.17) is 0 Å². The van der Waals surface area contributed by atoms with Crippen LogP contribution in [0.4, 0.5) is 0 Å². The minimum absolute atomic E-state index is 0.346. The van der Waals surface area contributed by atoms with Crippen molar-refractivity contribution >= 4 is 22.7 Å². The number of rotatable bonds is 2. The van der Waals surface area contributed by atoms with Gasteiger partial charge in [-0.3, -0.25) is 0 Å². The Balaban J connectivity index is 1.85. The van der Waals surface area contributed by atoms with Crippen molar-refractivity contribution in [3.05, 3.63) is 31.7 Å². The third-order valence-corrected chi connectivity index (χ3v) is 5.04. The summed E-state index contributed by atoms with van der Waals surface area (Å²) in [5, 5.41) is 14.1.